The number of hydrogen-bond donors (Lipinski definition) is 1. The van der Waals surface area contributed by atoms with Gasteiger partial charge in [0.1, 0.15) is 5.58 Å². The lowest BCUT2D eigenvalue weighted by molar-refractivity contribution is 0.0886. The van der Waals surface area contributed by atoms with E-state index in [1.807, 2.05) is 45.0 Å². The quantitative estimate of drug-likeness (QED) is 0.923. The zero-order valence-corrected chi connectivity index (χ0v) is 11.7. The Hall–Kier alpha value is -1.81. The average molecular weight is 261 g/mol. The zero-order chi connectivity index (χ0) is 14.0. The van der Waals surface area contributed by atoms with Crippen LogP contribution in [0.5, 0.6) is 0 Å². The summed E-state index contributed by atoms with van der Waals surface area (Å²) in [6, 6.07) is 7.58. The normalized spacial score (nSPS) is 11.8. The number of amides is 1. The van der Waals surface area contributed by atoms with Crippen molar-refractivity contribution >= 4 is 16.9 Å². The molecule has 0 aliphatic rings. The summed E-state index contributed by atoms with van der Waals surface area (Å²) < 4.78 is 10.8. The molecule has 0 aliphatic heterocycles. The fourth-order valence-corrected chi connectivity index (χ4v) is 1.97. The van der Waals surface area contributed by atoms with Crippen molar-refractivity contribution in [3.05, 3.63) is 35.6 Å². The minimum absolute atomic E-state index is 0.212. The van der Waals surface area contributed by atoms with E-state index in [-0.39, 0.29) is 11.4 Å². The summed E-state index contributed by atoms with van der Waals surface area (Å²) >= 11 is 0. The predicted molar refractivity (Wildman–Crippen MR) is 74.1 cm³/mol. The number of methoxy groups -OCH3 is 1. The Bertz CT molecular complexity index is 593. The van der Waals surface area contributed by atoms with Gasteiger partial charge in [-0.2, -0.15) is 0 Å². The van der Waals surface area contributed by atoms with Crippen LogP contribution in [0.4, 0.5) is 0 Å². The van der Waals surface area contributed by atoms with Crippen LogP contribution in [0.3, 0.4) is 0 Å². The van der Waals surface area contributed by atoms with Crippen LogP contribution in [0.1, 0.15) is 36.9 Å². The fraction of sp³-hybridized carbons (Fsp3) is 0.400. The monoisotopic (exact) mass is 261 g/mol. The zero-order valence-electron chi connectivity index (χ0n) is 11.7. The van der Waals surface area contributed by atoms with E-state index >= 15 is 0 Å². The van der Waals surface area contributed by atoms with Crippen LogP contribution >= 0.6 is 0 Å². The van der Waals surface area contributed by atoms with Gasteiger partial charge in [0.05, 0.1) is 6.61 Å². The number of nitrogens with one attached hydrogen (secondary N) is 1. The minimum atomic E-state index is -0.305. The van der Waals surface area contributed by atoms with Gasteiger partial charge in [-0.05, 0) is 26.8 Å². The van der Waals surface area contributed by atoms with Gasteiger partial charge >= 0.3 is 0 Å². The Morgan fingerprint density at radius 3 is 2.63 bits per heavy atom. The van der Waals surface area contributed by atoms with E-state index in [2.05, 4.69) is 5.32 Å². The molecule has 2 aromatic rings. The Morgan fingerprint density at radius 2 is 2.00 bits per heavy atom. The van der Waals surface area contributed by atoms with Crippen molar-refractivity contribution in [3.63, 3.8) is 0 Å². The first kappa shape index (κ1) is 13.6. The standard InChI is InChI=1S/C15H19NO3/c1-15(2,3)16-14(17)13-11(9-18-4)10-7-5-6-8-12(10)19-13/h5-8H,9H2,1-4H3,(H,16,17). The maximum absolute atomic E-state index is 12.3. The van der Waals surface area contributed by atoms with Crippen LogP contribution in [0.25, 0.3) is 11.0 Å². The van der Waals surface area contributed by atoms with E-state index in [0.29, 0.717) is 18.0 Å². The number of carbonyl (C=O) groups excluding carboxylic acids is 1. The van der Waals surface area contributed by atoms with Gasteiger partial charge in [0.25, 0.3) is 5.91 Å². The molecule has 102 valence electrons. The van der Waals surface area contributed by atoms with Crippen molar-refractivity contribution in [3.8, 4) is 0 Å². The van der Waals surface area contributed by atoms with E-state index in [1.54, 1.807) is 7.11 Å². The SMILES string of the molecule is COCc1c(C(=O)NC(C)(C)C)oc2ccccc12. The minimum Gasteiger partial charge on any atom is -0.451 e. The van der Waals surface area contributed by atoms with Crippen molar-refractivity contribution in [2.45, 2.75) is 32.9 Å². The Morgan fingerprint density at radius 1 is 1.32 bits per heavy atom. The second-order valence-corrected chi connectivity index (χ2v) is 5.54. The molecule has 2 rings (SSSR count). The molecule has 0 aliphatic carbocycles. The van der Waals surface area contributed by atoms with Gasteiger partial charge in [0.2, 0.25) is 0 Å². The Kier molecular flexibility index (Phi) is 3.62. The van der Waals surface area contributed by atoms with Gasteiger partial charge in [0.15, 0.2) is 5.76 Å². The summed E-state index contributed by atoms with van der Waals surface area (Å²) in [4.78, 5) is 12.3. The van der Waals surface area contributed by atoms with E-state index < -0.39 is 0 Å². The van der Waals surface area contributed by atoms with Crippen LogP contribution < -0.4 is 5.32 Å². The van der Waals surface area contributed by atoms with Gasteiger partial charge in [-0.15, -0.1) is 0 Å². The van der Waals surface area contributed by atoms with Crippen LogP contribution in [0, 0.1) is 0 Å². The lowest BCUT2D eigenvalue weighted by Crippen LogP contribution is -2.40. The van der Waals surface area contributed by atoms with E-state index in [9.17, 15) is 4.79 Å². The fourth-order valence-electron chi connectivity index (χ4n) is 1.97. The summed E-state index contributed by atoms with van der Waals surface area (Å²) in [6.07, 6.45) is 0. The summed E-state index contributed by atoms with van der Waals surface area (Å²) in [7, 11) is 1.60. The third-order valence-corrected chi connectivity index (χ3v) is 2.68. The molecule has 0 fully saturated rings. The molecule has 19 heavy (non-hydrogen) atoms. The number of hydrogen-bond acceptors (Lipinski definition) is 3. The van der Waals surface area contributed by atoms with Crippen molar-refractivity contribution in [1.29, 1.82) is 0 Å². The molecule has 0 saturated carbocycles. The molecule has 0 radical (unpaired) electrons. The second-order valence-electron chi connectivity index (χ2n) is 5.54. The second kappa shape index (κ2) is 5.05. The molecular formula is C15H19NO3. The topological polar surface area (TPSA) is 51.5 Å². The van der Waals surface area contributed by atoms with Gasteiger partial charge < -0.3 is 14.5 Å². The van der Waals surface area contributed by atoms with Crippen molar-refractivity contribution in [2.75, 3.05) is 7.11 Å². The smallest absolute Gasteiger partial charge is 0.287 e. The van der Waals surface area contributed by atoms with Gasteiger partial charge in [-0.3, -0.25) is 4.79 Å². The predicted octanol–water partition coefficient (Wildman–Crippen LogP) is 3.11. The van der Waals surface area contributed by atoms with E-state index in [1.165, 1.54) is 0 Å². The molecule has 0 unspecified atom stereocenters. The van der Waals surface area contributed by atoms with Crippen molar-refractivity contribution in [2.24, 2.45) is 0 Å². The summed E-state index contributed by atoms with van der Waals surface area (Å²) in [6.45, 7) is 6.15. The number of para-hydroxylation sites is 1. The summed E-state index contributed by atoms with van der Waals surface area (Å²) in [5.74, 6) is 0.119. The average Bonchev–Trinajstić information content (AvgIpc) is 2.67. The molecule has 1 N–H and O–H groups in total. The first-order valence-corrected chi connectivity index (χ1v) is 6.24. The summed E-state index contributed by atoms with van der Waals surface area (Å²) in [5.41, 5.74) is 1.19. The molecule has 0 saturated heterocycles. The van der Waals surface area contributed by atoms with E-state index in [4.69, 9.17) is 9.15 Å². The highest BCUT2D eigenvalue weighted by molar-refractivity contribution is 5.99. The van der Waals surface area contributed by atoms with E-state index in [0.717, 1.165) is 10.9 Å². The number of fused-ring (bicyclic) bond motifs is 1. The summed E-state index contributed by atoms with van der Waals surface area (Å²) in [5, 5.41) is 3.83. The molecule has 0 spiro atoms. The maximum atomic E-state index is 12.3. The molecule has 4 heteroatoms. The largest absolute Gasteiger partial charge is 0.451 e. The molecule has 0 atom stereocenters. The highest BCUT2D eigenvalue weighted by Gasteiger charge is 2.23. The third kappa shape index (κ3) is 2.96. The van der Waals surface area contributed by atoms with Crippen molar-refractivity contribution < 1.29 is 13.9 Å². The number of carbonyl (C=O) groups is 1. The van der Waals surface area contributed by atoms with Gasteiger partial charge in [0, 0.05) is 23.6 Å². The lowest BCUT2D eigenvalue weighted by Gasteiger charge is -2.19. The molecule has 4 nitrogen and oxygen atoms in total. The van der Waals surface area contributed by atoms with Crippen LogP contribution in [-0.4, -0.2) is 18.6 Å². The van der Waals surface area contributed by atoms with Crippen molar-refractivity contribution in [1.82, 2.24) is 5.32 Å². The number of benzene rings is 1. The molecule has 0 bridgehead atoms. The molecule has 1 heterocycles. The number of furan rings is 1. The highest BCUT2D eigenvalue weighted by atomic mass is 16.5. The first-order valence-electron chi connectivity index (χ1n) is 6.24. The molecule has 1 amide bonds. The number of ether oxygens (including phenoxy) is 1. The molecular weight excluding hydrogens is 242 g/mol. The first-order chi connectivity index (χ1) is 8.92. The Balaban J connectivity index is 2.47. The number of rotatable bonds is 3. The third-order valence-electron chi connectivity index (χ3n) is 2.68. The van der Waals surface area contributed by atoms with Crippen LogP contribution in [0.2, 0.25) is 0 Å². The highest BCUT2D eigenvalue weighted by Crippen LogP contribution is 2.26. The van der Waals surface area contributed by atoms with Crippen LogP contribution in [-0.2, 0) is 11.3 Å². The maximum Gasteiger partial charge on any atom is 0.287 e. The van der Waals surface area contributed by atoms with Crippen LogP contribution in [0.15, 0.2) is 28.7 Å². The molecule has 1 aromatic heterocycles. The molecule has 1 aromatic carbocycles. The van der Waals surface area contributed by atoms with Gasteiger partial charge in [-0.25, -0.2) is 0 Å². The van der Waals surface area contributed by atoms with Gasteiger partial charge in [-0.1, -0.05) is 18.2 Å². The lowest BCUT2D eigenvalue weighted by atomic mass is 10.1. The Labute approximate surface area is 112 Å².